The van der Waals surface area contributed by atoms with Crippen LogP contribution in [0.4, 0.5) is 10.2 Å². The number of anilines is 1. The number of nitrogens with zero attached hydrogens (tertiary/aromatic N) is 3. The number of fused-ring (bicyclic) bond motifs is 1. The summed E-state index contributed by atoms with van der Waals surface area (Å²) in [6.07, 6.45) is -3.07. The Hall–Kier alpha value is -2.59. The number of nitrogen functional groups attached to an aromatic ring is 1. The van der Waals surface area contributed by atoms with Crippen LogP contribution < -0.4 is 5.73 Å². The van der Waals surface area contributed by atoms with Gasteiger partial charge in [-0.1, -0.05) is 12.1 Å². The van der Waals surface area contributed by atoms with Gasteiger partial charge >= 0.3 is 0 Å². The van der Waals surface area contributed by atoms with Gasteiger partial charge in [0.25, 0.3) is 0 Å². The molecule has 0 radical (unpaired) electrons. The molecule has 8 nitrogen and oxygen atoms in total. The van der Waals surface area contributed by atoms with Crippen LogP contribution in [0.3, 0.4) is 0 Å². The van der Waals surface area contributed by atoms with Crippen molar-refractivity contribution in [1.82, 2.24) is 14.5 Å². The standard InChI is InChI=1S/C17H17FN4O4/c18-9-3-1-8(2-4-9)11(23)14-12(24)13(25)17(26-14)22-6-5-10-15(19)20-7-21-16(10)22/h1-7,11-14,17,23-25H,(H2,19,20,21). The number of aliphatic hydroxyl groups is 3. The van der Waals surface area contributed by atoms with Gasteiger partial charge in [0.05, 0.1) is 5.39 Å². The van der Waals surface area contributed by atoms with Crippen LogP contribution in [0.25, 0.3) is 11.0 Å². The summed E-state index contributed by atoms with van der Waals surface area (Å²) in [5.74, 6) is -0.160. The SMILES string of the molecule is Nc1ncnc2c1ccn2C1OC(C(O)c2ccc(F)cc2)C(O)C1O. The fraction of sp³-hybridized carbons (Fsp3) is 0.294. The Morgan fingerprint density at radius 2 is 1.85 bits per heavy atom. The Morgan fingerprint density at radius 3 is 2.58 bits per heavy atom. The Kier molecular flexibility index (Phi) is 4.08. The first-order valence-corrected chi connectivity index (χ1v) is 7.99. The number of benzene rings is 1. The number of aromatic nitrogens is 3. The highest BCUT2D eigenvalue weighted by Gasteiger charge is 2.47. The summed E-state index contributed by atoms with van der Waals surface area (Å²) in [4.78, 5) is 8.04. The van der Waals surface area contributed by atoms with Gasteiger partial charge in [-0.3, -0.25) is 0 Å². The molecule has 0 spiro atoms. The molecule has 9 heteroatoms. The Bertz CT molecular complexity index is 932. The zero-order chi connectivity index (χ0) is 18.4. The lowest BCUT2D eigenvalue weighted by Gasteiger charge is -2.21. The van der Waals surface area contributed by atoms with Crippen LogP contribution in [0.15, 0.2) is 42.9 Å². The first-order valence-electron chi connectivity index (χ1n) is 7.99. The van der Waals surface area contributed by atoms with E-state index < -0.39 is 36.5 Å². The van der Waals surface area contributed by atoms with Crippen LogP contribution in [0.2, 0.25) is 0 Å². The quantitative estimate of drug-likeness (QED) is 0.536. The molecule has 5 N–H and O–H groups in total. The number of nitrogens with two attached hydrogens (primary N) is 1. The van der Waals surface area contributed by atoms with E-state index in [0.29, 0.717) is 16.6 Å². The number of halogens is 1. The monoisotopic (exact) mass is 360 g/mol. The van der Waals surface area contributed by atoms with Gasteiger partial charge in [-0.05, 0) is 23.8 Å². The predicted molar refractivity (Wildman–Crippen MR) is 89.2 cm³/mol. The summed E-state index contributed by atoms with van der Waals surface area (Å²) in [5, 5.41) is 31.9. The van der Waals surface area contributed by atoms with Crippen molar-refractivity contribution in [3.05, 3.63) is 54.2 Å². The van der Waals surface area contributed by atoms with Gasteiger partial charge in [0, 0.05) is 6.20 Å². The summed E-state index contributed by atoms with van der Waals surface area (Å²) in [6.45, 7) is 0. The molecule has 0 bridgehead atoms. The van der Waals surface area contributed by atoms with Crippen molar-refractivity contribution in [2.75, 3.05) is 5.73 Å². The van der Waals surface area contributed by atoms with E-state index in [2.05, 4.69) is 9.97 Å². The Morgan fingerprint density at radius 1 is 1.12 bits per heavy atom. The fourth-order valence-electron chi connectivity index (χ4n) is 3.22. The average molecular weight is 360 g/mol. The highest BCUT2D eigenvalue weighted by Crippen LogP contribution is 2.37. The number of hydrogen-bond donors (Lipinski definition) is 4. The molecular formula is C17H17FN4O4. The van der Waals surface area contributed by atoms with E-state index in [9.17, 15) is 19.7 Å². The number of aliphatic hydroxyl groups excluding tert-OH is 3. The molecule has 1 aliphatic heterocycles. The van der Waals surface area contributed by atoms with Crippen molar-refractivity contribution in [3.8, 4) is 0 Å². The Labute approximate surface area is 147 Å². The zero-order valence-corrected chi connectivity index (χ0v) is 13.5. The van der Waals surface area contributed by atoms with Gasteiger partial charge in [-0.15, -0.1) is 0 Å². The molecule has 136 valence electrons. The van der Waals surface area contributed by atoms with Crippen LogP contribution in [-0.2, 0) is 4.74 Å². The van der Waals surface area contributed by atoms with E-state index >= 15 is 0 Å². The molecule has 1 saturated heterocycles. The van der Waals surface area contributed by atoms with E-state index in [1.54, 1.807) is 12.3 Å². The molecule has 1 aromatic carbocycles. The fourth-order valence-corrected chi connectivity index (χ4v) is 3.22. The molecule has 0 amide bonds. The third-order valence-corrected chi connectivity index (χ3v) is 4.61. The van der Waals surface area contributed by atoms with Crippen LogP contribution >= 0.6 is 0 Å². The van der Waals surface area contributed by atoms with Gasteiger partial charge in [0.1, 0.15) is 48.0 Å². The number of ether oxygens (including phenoxy) is 1. The normalized spacial score (nSPS) is 27.1. The van der Waals surface area contributed by atoms with Gasteiger partial charge in [0.15, 0.2) is 6.23 Å². The molecular weight excluding hydrogens is 343 g/mol. The summed E-state index contributed by atoms with van der Waals surface area (Å²) >= 11 is 0. The van der Waals surface area contributed by atoms with Crippen molar-refractivity contribution < 1.29 is 24.4 Å². The van der Waals surface area contributed by atoms with Crippen molar-refractivity contribution in [2.45, 2.75) is 30.6 Å². The molecule has 0 aliphatic carbocycles. The second-order valence-corrected chi connectivity index (χ2v) is 6.19. The molecule has 3 aromatic rings. The molecule has 1 aliphatic rings. The maximum Gasteiger partial charge on any atom is 0.164 e. The van der Waals surface area contributed by atoms with Gasteiger partial charge in [-0.25, -0.2) is 14.4 Å². The Balaban J connectivity index is 1.65. The maximum atomic E-state index is 13.1. The third kappa shape index (κ3) is 2.61. The lowest BCUT2D eigenvalue weighted by Crippen LogP contribution is -2.34. The zero-order valence-electron chi connectivity index (χ0n) is 13.5. The van der Waals surface area contributed by atoms with Crippen molar-refractivity contribution in [2.24, 2.45) is 0 Å². The molecule has 1 fully saturated rings. The molecule has 5 unspecified atom stereocenters. The molecule has 26 heavy (non-hydrogen) atoms. The number of rotatable bonds is 3. The topological polar surface area (TPSA) is 127 Å². The number of hydrogen-bond acceptors (Lipinski definition) is 7. The predicted octanol–water partition coefficient (Wildman–Crippen LogP) is 0.505. The minimum absolute atomic E-state index is 0.282. The summed E-state index contributed by atoms with van der Waals surface area (Å²) in [6, 6.07) is 6.88. The van der Waals surface area contributed by atoms with Crippen LogP contribution in [0.5, 0.6) is 0 Å². The smallest absolute Gasteiger partial charge is 0.164 e. The van der Waals surface area contributed by atoms with Crippen molar-refractivity contribution in [3.63, 3.8) is 0 Å². The van der Waals surface area contributed by atoms with Gasteiger partial charge in [-0.2, -0.15) is 0 Å². The van der Waals surface area contributed by atoms with Crippen LogP contribution in [0, 0.1) is 5.82 Å². The van der Waals surface area contributed by atoms with Gasteiger partial charge in [0.2, 0.25) is 0 Å². The van der Waals surface area contributed by atoms with E-state index in [4.69, 9.17) is 10.5 Å². The summed E-state index contributed by atoms with van der Waals surface area (Å²) in [7, 11) is 0. The molecule has 5 atom stereocenters. The minimum Gasteiger partial charge on any atom is -0.387 e. The van der Waals surface area contributed by atoms with E-state index in [0.717, 1.165) is 0 Å². The first kappa shape index (κ1) is 16.9. The molecule has 2 aromatic heterocycles. The van der Waals surface area contributed by atoms with Crippen LogP contribution in [-0.4, -0.2) is 48.2 Å². The minimum atomic E-state index is -1.35. The first-order chi connectivity index (χ1) is 12.5. The van der Waals surface area contributed by atoms with Crippen molar-refractivity contribution >= 4 is 16.9 Å². The lowest BCUT2D eigenvalue weighted by molar-refractivity contribution is -0.0848. The maximum absolute atomic E-state index is 13.1. The third-order valence-electron chi connectivity index (χ3n) is 4.61. The second-order valence-electron chi connectivity index (χ2n) is 6.19. The van der Waals surface area contributed by atoms with Gasteiger partial charge < -0.3 is 30.4 Å². The van der Waals surface area contributed by atoms with E-state index in [1.165, 1.54) is 35.2 Å². The molecule has 4 rings (SSSR count). The van der Waals surface area contributed by atoms with E-state index in [-0.39, 0.29) is 5.82 Å². The highest BCUT2D eigenvalue weighted by atomic mass is 19.1. The molecule has 3 heterocycles. The summed E-state index contributed by atoms with van der Waals surface area (Å²) in [5.41, 5.74) is 6.61. The average Bonchev–Trinajstić information content (AvgIpc) is 3.18. The lowest BCUT2D eigenvalue weighted by atomic mass is 9.99. The molecule has 0 saturated carbocycles. The largest absolute Gasteiger partial charge is 0.387 e. The van der Waals surface area contributed by atoms with Crippen molar-refractivity contribution in [1.29, 1.82) is 0 Å². The van der Waals surface area contributed by atoms with E-state index in [1.807, 2.05) is 0 Å². The van der Waals surface area contributed by atoms with Crippen LogP contribution in [0.1, 0.15) is 17.9 Å². The second kappa shape index (κ2) is 6.29. The summed E-state index contributed by atoms with van der Waals surface area (Å²) < 4.78 is 20.3. The highest BCUT2D eigenvalue weighted by molar-refractivity contribution is 5.86.